The van der Waals surface area contributed by atoms with Crippen LogP contribution < -0.4 is 10.6 Å². The molecule has 0 aliphatic carbocycles. The number of rotatable bonds is 4. The average molecular weight is 255 g/mol. The zero-order valence-electron chi connectivity index (χ0n) is 11.1. The molecule has 19 heavy (non-hydrogen) atoms. The van der Waals surface area contributed by atoms with Crippen LogP contribution in [0.4, 0.5) is 11.4 Å². The molecule has 0 aliphatic heterocycles. The zero-order valence-corrected chi connectivity index (χ0v) is 11.1. The summed E-state index contributed by atoms with van der Waals surface area (Å²) >= 11 is 0. The largest absolute Gasteiger partial charge is 0.385 e. The first kappa shape index (κ1) is 13.1. The third kappa shape index (κ3) is 3.10. The van der Waals surface area contributed by atoms with Crippen LogP contribution in [0, 0.1) is 6.92 Å². The van der Waals surface area contributed by atoms with Crippen molar-refractivity contribution < 1.29 is 4.79 Å². The number of aryl methyl sites for hydroxylation is 1. The summed E-state index contributed by atoms with van der Waals surface area (Å²) in [6, 6.07) is 9.33. The molecule has 2 N–H and O–H groups in total. The molecule has 2 aromatic rings. The number of carbonyl (C=O) groups excluding carboxylic acids is 1. The lowest BCUT2D eigenvalue weighted by molar-refractivity contribution is 0.102. The van der Waals surface area contributed by atoms with E-state index >= 15 is 0 Å². The Kier molecular flexibility index (Phi) is 4.13. The van der Waals surface area contributed by atoms with Crippen molar-refractivity contribution in [3.8, 4) is 0 Å². The van der Waals surface area contributed by atoms with Gasteiger partial charge in [0.15, 0.2) is 0 Å². The molecule has 0 aliphatic rings. The molecule has 0 fully saturated rings. The molecule has 0 saturated carbocycles. The van der Waals surface area contributed by atoms with E-state index in [4.69, 9.17) is 0 Å². The second-order valence-corrected chi connectivity index (χ2v) is 4.22. The van der Waals surface area contributed by atoms with Crippen molar-refractivity contribution in [3.05, 3.63) is 53.9 Å². The smallest absolute Gasteiger partial charge is 0.257 e. The molecule has 4 heteroatoms. The Balaban J connectivity index is 2.23. The first-order valence-electron chi connectivity index (χ1n) is 6.27. The van der Waals surface area contributed by atoms with Gasteiger partial charge >= 0.3 is 0 Å². The molecular weight excluding hydrogens is 238 g/mol. The number of aromatic nitrogens is 1. The number of carbonyl (C=O) groups is 1. The summed E-state index contributed by atoms with van der Waals surface area (Å²) < 4.78 is 0. The topological polar surface area (TPSA) is 54.0 Å². The number of nitrogens with one attached hydrogen (secondary N) is 2. The van der Waals surface area contributed by atoms with E-state index in [0.29, 0.717) is 5.56 Å². The second kappa shape index (κ2) is 6.00. The highest BCUT2D eigenvalue weighted by atomic mass is 16.1. The van der Waals surface area contributed by atoms with Gasteiger partial charge in [0.1, 0.15) is 0 Å². The van der Waals surface area contributed by atoms with Gasteiger partial charge in [-0.1, -0.05) is 12.1 Å². The second-order valence-electron chi connectivity index (χ2n) is 4.22. The van der Waals surface area contributed by atoms with Gasteiger partial charge in [0.05, 0.1) is 17.4 Å². The van der Waals surface area contributed by atoms with E-state index in [2.05, 4.69) is 15.6 Å². The number of nitrogens with zero attached hydrogens (tertiary/aromatic N) is 1. The minimum Gasteiger partial charge on any atom is -0.385 e. The van der Waals surface area contributed by atoms with Gasteiger partial charge in [-0.25, -0.2) is 0 Å². The molecule has 1 heterocycles. The molecule has 98 valence electrons. The first-order valence-corrected chi connectivity index (χ1v) is 6.27. The predicted molar refractivity (Wildman–Crippen MR) is 77.5 cm³/mol. The van der Waals surface area contributed by atoms with E-state index in [1.54, 1.807) is 18.5 Å². The molecular formula is C15H17N3O. The molecule has 1 amide bonds. The number of amides is 1. The number of hydrogen-bond acceptors (Lipinski definition) is 3. The Hall–Kier alpha value is -2.36. The highest BCUT2D eigenvalue weighted by Crippen LogP contribution is 2.18. The molecule has 0 bridgehead atoms. The quantitative estimate of drug-likeness (QED) is 0.882. The van der Waals surface area contributed by atoms with Crippen molar-refractivity contribution in [1.82, 2.24) is 4.98 Å². The van der Waals surface area contributed by atoms with Crippen LogP contribution in [-0.2, 0) is 0 Å². The normalized spacial score (nSPS) is 10.0. The van der Waals surface area contributed by atoms with Crippen molar-refractivity contribution in [2.24, 2.45) is 0 Å². The third-order valence-electron chi connectivity index (χ3n) is 2.83. The van der Waals surface area contributed by atoms with Crippen LogP contribution in [0.25, 0.3) is 0 Å². The lowest BCUT2D eigenvalue weighted by Crippen LogP contribution is -2.15. The van der Waals surface area contributed by atoms with Crippen LogP contribution in [0.15, 0.2) is 42.7 Å². The van der Waals surface area contributed by atoms with Gasteiger partial charge in [-0.2, -0.15) is 0 Å². The minimum absolute atomic E-state index is 0.132. The summed E-state index contributed by atoms with van der Waals surface area (Å²) in [6.07, 6.45) is 3.36. The van der Waals surface area contributed by atoms with Crippen molar-refractivity contribution in [1.29, 1.82) is 0 Å². The maximum Gasteiger partial charge on any atom is 0.257 e. The van der Waals surface area contributed by atoms with Crippen molar-refractivity contribution in [3.63, 3.8) is 0 Å². The van der Waals surface area contributed by atoms with Gasteiger partial charge < -0.3 is 10.6 Å². The summed E-state index contributed by atoms with van der Waals surface area (Å²) in [5.74, 6) is -0.132. The molecule has 0 saturated heterocycles. The van der Waals surface area contributed by atoms with E-state index in [1.165, 1.54) is 0 Å². The number of hydrogen-bond donors (Lipinski definition) is 2. The molecule has 0 radical (unpaired) electrons. The summed E-state index contributed by atoms with van der Waals surface area (Å²) in [7, 11) is 0. The fourth-order valence-corrected chi connectivity index (χ4v) is 1.81. The molecule has 1 aromatic heterocycles. The van der Waals surface area contributed by atoms with Gasteiger partial charge in [0.25, 0.3) is 5.91 Å². The highest BCUT2D eigenvalue weighted by Gasteiger charge is 2.11. The van der Waals surface area contributed by atoms with Gasteiger partial charge in [-0.15, -0.1) is 0 Å². The molecule has 2 rings (SSSR count). The van der Waals surface area contributed by atoms with Crippen LogP contribution in [-0.4, -0.2) is 17.4 Å². The Morgan fingerprint density at radius 3 is 2.74 bits per heavy atom. The van der Waals surface area contributed by atoms with Gasteiger partial charge in [0.2, 0.25) is 0 Å². The number of benzene rings is 1. The van der Waals surface area contributed by atoms with E-state index in [0.717, 1.165) is 23.5 Å². The van der Waals surface area contributed by atoms with E-state index < -0.39 is 0 Å². The zero-order chi connectivity index (χ0) is 13.7. The maximum atomic E-state index is 12.3. The van der Waals surface area contributed by atoms with E-state index in [1.807, 2.05) is 38.1 Å². The highest BCUT2D eigenvalue weighted by molar-refractivity contribution is 6.08. The Bertz CT molecular complexity index is 581. The van der Waals surface area contributed by atoms with Crippen LogP contribution in [0.2, 0.25) is 0 Å². The molecule has 4 nitrogen and oxygen atoms in total. The van der Waals surface area contributed by atoms with Crippen molar-refractivity contribution in [2.45, 2.75) is 13.8 Å². The third-order valence-corrected chi connectivity index (χ3v) is 2.83. The summed E-state index contributed by atoms with van der Waals surface area (Å²) in [5, 5.41) is 6.06. The standard InChI is InChI=1S/C15H17N3O/c1-3-17-13-7-5-4-6-12(13)15(19)18-14-10-16-9-8-11(14)2/h4-10,17H,3H2,1-2H3,(H,18,19). The Labute approximate surface area is 112 Å². The summed E-state index contributed by atoms with van der Waals surface area (Å²) in [4.78, 5) is 16.3. The van der Waals surface area contributed by atoms with Crippen LogP contribution in [0.1, 0.15) is 22.8 Å². The lowest BCUT2D eigenvalue weighted by atomic mass is 10.1. The van der Waals surface area contributed by atoms with Gasteiger partial charge in [-0.05, 0) is 37.6 Å². The van der Waals surface area contributed by atoms with E-state index in [-0.39, 0.29) is 5.91 Å². The van der Waals surface area contributed by atoms with Gasteiger partial charge in [-0.3, -0.25) is 9.78 Å². The summed E-state index contributed by atoms with van der Waals surface area (Å²) in [6.45, 7) is 4.71. The Morgan fingerprint density at radius 2 is 2.00 bits per heavy atom. The molecule has 0 spiro atoms. The van der Waals surface area contributed by atoms with Crippen molar-refractivity contribution >= 4 is 17.3 Å². The summed E-state index contributed by atoms with van der Waals surface area (Å²) in [5.41, 5.74) is 3.19. The number of anilines is 2. The monoisotopic (exact) mass is 255 g/mol. The van der Waals surface area contributed by atoms with Crippen molar-refractivity contribution in [2.75, 3.05) is 17.2 Å². The number of para-hydroxylation sites is 1. The van der Waals surface area contributed by atoms with Crippen LogP contribution in [0.3, 0.4) is 0 Å². The predicted octanol–water partition coefficient (Wildman–Crippen LogP) is 3.07. The first-order chi connectivity index (χ1) is 9.22. The molecule has 0 unspecified atom stereocenters. The average Bonchev–Trinajstić information content (AvgIpc) is 2.42. The van der Waals surface area contributed by atoms with Gasteiger partial charge in [0, 0.05) is 18.4 Å². The maximum absolute atomic E-state index is 12.3. The molecule has 1 aromatic carbocycles. The molecule has 0 atom stereocenters. The van der Waals surface area contributed by atoms with Crippen LogP contribution in [0.5, 0.6) is 0 Å². The SMILES string of the molecule is CCNc1ccccc1C(=O)Nc1cnccc1C. The lowest BCUT2D eigenvalue weighted by Gasteiger charge is -2.11. The van der Waals surface area contributed by atoms with E-state index in [9.17, 15) is 4.79 Å². The fourth-order valence-electron chi connectivity index (χ4n) is 1.81. The fraction of sp³-hybridized carbons (Fsp3) is 0.200. The van der Waals surface area contributed by atoms with Crippen LogP contribution >= 0.6 is 0 Å². The minimum atomic E-state index is -0.132. The Morgan fingerprint density at radius 1 is 1.21 bits per heavy atom. The number of pyridine rings is 1.